The van der Waals surface area contributed by atoms with Crippen molar-refractivity contribution >= 4 is 11.9 Å². The van der Waals surface area contributed by atoms with Crippen molar-refractivity contribution in [2.24, 2.45) is 5.92 Å². The van der Waals surface area contributed by atoms with Crippen LogP contribution in [-0.2, 0) is 9.59 Å². The van der Waals surface area contributed by atoms with Crippen LogP contribution in [0.2, 0.25) is 0 Å². The van der Waals surface area contributed by atoms with Gasteiger partial charge in [0.15, 0.2) is 0 Å². The van der Waals surface area contributed by atoms with Crippen molar-refractivity contribution in [1.82, 2.24) is 0 Å². The van der Waals surface area contributed by atoms with Crippen molar-refractivity contribution in [1.29, 1.82) is 0 Å². The smallest absolute Gasteiger partial charge is 0.332 e. The first-order chi connectivity index (χ1) is 6.04. The molecule has 2 N–H and O–H groups in total. The maximum atomic E-state index is 10.8. The van der Waals surface area contributed by atoms with Crippen molar-refractivity contribution in [3.05, 3.63) is 11.1 Å². The lowest BCUT2D eigenvalue weighted by molar-refractivity contribution is -0.136. The molecule has 0 radical (unpaired) electrons. The van der Waals surface area contributed by atoms with Gasteiger partial charge in [-0.2, -0.15) is 0 Å². The van der Waals surface area contributed by atoms with Gasteiger partial charge in [-0.25, -0.2) is 9.59 Å². The van der Waals surface area contributed by atoms with Crippen LogP contribution in [0, 0.1) is 5.92 Å². The predicted octanol–water partition coefficient (Wildman–Crippen LogP) is 1.27. The van der Waals surface area contributed by atoms with Gasteiger partial charge in [-0.05, 0) is 25.2 Å². The molecule has 0 fully saturated rings. The monoisotopic (exact) mass is 184 g/mol. The molecule has 4 nitrogen and oxygen atoms in total. The number of rotatable bonds is 2. The van der Waals surface area contributed by atoms with Crippen LogP contribution in [0.5, 0.6) is 0 Å². The number of aliphatic carboxylic acids is 2. The van der Waals surface area contributed by atoms with Gasteiger partial charge in [-0.1, -0.05) is 6.92 Å². The molecule has 0 aromatic rings. The molecule has 0 spiro atoms. The van der Waals surface area contributed by atoms with E-state index in [0.717, 1.165) is 12.8 Å². The minimum Gasteiger partial charge on any atom is -0.478 e. The topological polar surface area (TPSA) is 74.6 Å². The second-order valence-corrected chi connectivity index (χ2v) is 3.30. The van der Waals surface area contributed by atoms with Crippen LogP contribution >= 0.6 is 0 Å². The molecule has 1 atom stereocenters. The van der Waals surface area contributed by atoms with E-state index in [0.29, 0.717) is 6.42 Å². The number of carboxylic acid groups (broad SMARTS) is 2. The van der Waals surface area contributed by atoms with E-state index in [2.05, 4.69) is 0 Å². The molecule has 0 heterocycles. The lowest BCUT2D eigenvalue weighted by atomic mass is 9.84. The van der Waals surface area contributed by atoms with Crippen molar-refractivity contribution in [3.63, 3.8) is 0 Å². The molecule has 1 aliphatic rings. The number of hydrogen-bond acceptors (Lipinski definition) is 2. The zero-order valence-corrected chi connectivity index (χ0v) is 7.41. The Morgan fingerprint density at radius 1 is 1.31 bits per heavy atom. The first kappa shape index (κ1) is 9.77. The SMILES string of the molecule is CC1CCCC(C(=O)O)=C1C(=O)O. The van der Waals surface area contributed by atoms with E-state index >= 15 is 0 Å². The van der Waals surface area contributed by atoms with Crippen LogP contribution in [0.4, 0.5) is 0 Å². The van der Waals surface area contributed by atoms with Gasteiger partial charge >= 0.3 is 11.9 Å². The fourth-order valence-electron chi connectivity index (χ4n) is 1.72. The van der Waals surface area contributed by atoms with Gasteiger partial charge < -0.3 is 10.2 Å². The third-order valence-electron chi connectivity index (χ3n) is 2.37. The van der Waals surface area contributed by atoms with Crippen LogP contribution in [0.25, 0.3) is 0 Å². The van der Waals surface area contributed by atoms with E-state index < -0.39 is 11.9 Å². The molecular weight excluding hydrogens is 172 g/mol. The molecule has 0 aromatic carbocycles. The van der Waals surface area contributed by atoms with E-state index in [1.807, 2.05) is 0 Å². The van der Waals surface area contributed by atoms with Crippen LogP contribution in [0.15, 0.2) is 11.1 Å². The Kier molecular flexibility index (Phi) is 2.70. The lowest BCUT2D eigenvalue weighted by Crippen LogP contribution is -2.20. The minimum atomic E-state index is -1.09. The van der Waals surface area contributed by atoms with E-state index in [4.69, 9.17) is 10.2 Å². The van der Waals surface area contributed by atoms with E-state index in [1.54, 1.807) is 6.92 Å². The summed E-state index contributed by atoms with van der Waals surface area (Å²) in [6.07, 6.45) is 1.90. The Balaban J connectivity index is 3.11. The van der Waals surface area contributed by atoms with Gasteiger partial charge in [0, 0.05) is 5.57 Å². The Morgan fingerprint density at radius 3 is 2.31 bits per heavy atom. The summed E-state index contributed by atoms with van der Waals surface area (Å²) in [5.74, 6) is -2.33. The molecule has 1 aliphatic carbocycles. The highest BCUT2D eigenvalue weighted by atomic mass is 16.4. The number of carbonyl (C=O) groups is 2. The Bertz CT molecular complexity index is 277. The summed E-state index contributed by atoms with van der Waals surface area (Å²) in [6, 6.07) is 0. The first-order valence-corrected chi connectivity index (χ1v) is 4.23. The van der Waals surface area contributed by atoms with Crippen molar-refractivity contribution < 1.29 is 19.8 Å². The molecule has 72 valence electrons. The predicted molar refractivity (Wildman–Crippen MR) is 45.3 cm³/mol. The maximum Gasteiger partial charge on any atom is 0.332 e. The zero-order chi connectivity index (χ0) is 10.0. The molecule has 0 saturated heterocycles. The molecule has 0 saturated carbocycles. The third-order valence-corrected chi connectivity index (χ3v) is 2.37. The van der Waals surface area contributed by atoms with Crippen LogP contribution in [-0.4, -0.2) is 22.2 Å². The lowest BCUT2D eigenvalue weighted by Gasteiger charge is -2.20. The quantitative estimate of drug-likeness (QED) is 0.677. The fraction of sp³-hybridized carbons (Fsp3) is 0.556. The van der Waals surface area contributed by atoms with Crippen LogP contribution in [0.3, 0.4) is 0 Å². The molecule has 0 bridgehead atoms. The van der Waals surface area contributed by atoms with E-state index in [1.165, 1.54) is 0 Å². The Morgan fingerprint density at radius 2 is 1.92 bits per heavy atom. The maximum absolute atomic E-state index is 10.8. The molecule has 1 unspecified atom stereocenters. The van der Waals surface area contributed by atoms with Crippen LogP contribution in [0.1, 0.15) is 26.2 Å². The van der Waals surface area contributed by atoms with Gasteiger partial charge in [0.1, 0.15) is 0 Å². The zero-order valence-electron chi connectivity index (χ0n) is 7.41. The van der Waals surface area contributed by atoms with Crippen molar-refractivity contribution in [2.75, 3.05) is 0 Å². The van der Waals surface area contributed by atoms with Gasteiger partial charge in [-0.3, -0.25) is 0 Å². The van der Waals surface area contributed by atoms with E-state index in [-0.39, 0.29) is 17.1 Å². The molecule has 0 aromatic heterocycles. The number of carboxylic acids is 2. The average molecular weight is 184 g/mol. The summed E-state index contributed by atoms with van der Waals surface area (Å²) in [5, 5.41) is 17.6. The van der Waals surface area contributed by atoms with Gasteiger partial charge in [0.25, 0.3) is 0 Å². The summed E-state index contributed by atoms with van der Waals surface area (Å²) in [6.45, 7) is 1.76. The highest BCUT2D eigenvalue weighted by Gasteiger charge is 2.28. The largest absolute Gasteiger partial charge is 0.478 e. The fourth-order valence-corrected chi connectivity index (χ4v) is 1.72. The standard InChI is InChI=1S/C9H12O4/c1-5-3-2-4-6(8(10)11)7(5)9(12)13/h5H,2-4H2,1H3,(H,10,11)(H,12,13). The second-order valence-electron chi connectivity index (χ2n) is 3.30. The Labute approximate surface area is 75.9 Å². The van der Waals surface area contributed by atoms with Gasteiger partial charge in [-0.15, -0.1) is 0 Å². The molecule has 1 rings (SSSR count). The minimum absolute atomic E-state index is 0.0752. The summed E-state index contributed by atoms with van der Waals surface area (Å²) < 4.78 is 0. The van der Waals surface area contributed by atoms with Gasteiger partial charge in [0.2, 0.25) is 0 Å². The number of hydrogen-bond donors (Lipinski definition) is 2. The summed E-state index contributed by atoms with van der Waals surface area (Å²) in [7, 11) is 0. The van der Waals surface area contributed by atoms with Crippen molar-refractivity contribution in [2.45, 2.75) is 26.2 Å². The molecule has 0 amide bonds. The normalized spacial score (nSPS) is 23.0. The average Bonchev–Trinajstić information content (AvgIpc) is 2.02. The summed E-state index contributed by atoms with van der Waals surface area (Å²) >= 11 is 0. The molecule has 4 heteroatoms. The second kappa shape index (κ2) is 3.60. The highest BCUT2D eigenvalue weighted by molar-refractivity contribution is 5.99. The summed E-state index contributed by atoms with van der Waals surface area (Å²) in [5.41, 5.74) is 0.157. The summed E-state index contributed by atoms with van der Waals surface area (Å²) in [4.78, 5) is 21.5. The van der Waals surface area contributed by atoms with Crippen molar-refractivity contribution in [3.8, 4) is 0 Å². The van der Waals surface area contributed by atoms with Crippen LogP contribution < -0.4 is 0 Å². The third kappa shape index (κ3) is 1.88. The molecule has 0 aliphatic heterocycles. The molecule has 13 heavy (non-hydrogen) atoms. The highest BCUT2D eigenvalue weighted by Crippen LogP contribution is 2.29. The first-order valence-electron chi connectivity index (χ1n) is 4.23. The molecular formula is C9H12O4. The van der Waals surface area contributed by atoms with E-state index in [9.17, 15) is 9.59 Å². The Hall–Kier alpha value is -1.32. The van der Waals surface area contributed by atoms with Gasteiger partial charge in [0.05, 0.1) is 5.57 Å².